The summed E-state index contributed by atoms with van der Waals surface area (Å²) in [6.07, 6.45) is 2.43. The number of benzene rings is 1. The number of allylic oxidation sites excluding steroid dienone is 1. The molecule has 0 saturated carbocycles. The Hall–Kier alpha value is -2.36. The number of pyridine rings is 1. The molecule has 1 N–H and O–H groups in total. The molecule has 96 valence electrons. The van der Waals surface area contributed by atoms with Crippen LogP contribution in [0.15, 0.2) is 47.8 Å². The lowest BCUT2D eigenvalue weighted by Crippen LogP contribution is -2.05. The van der Waals surface area contributed by atoms with E-state index < -0.39 is 0 Å². The maximum atomic E-state index is 11.5. The van der Waals surface area contributed by atoms with Crippen LogP contribution < -0.4 is 5.32 Å². The number of nitrogens with zero attached hydrogens (tertiary/aromatic N) is 1. The molecule has 0 radical (unpaired) electrons. The molecule has 1 saturated heterocycles. The number of cyclic esters (lactones) is 1. The van der Waals surface area contributed by atoms with E-state index in [1.807, 2.05) is 37.3 Å². The van der Waals surface area contributed by atoms with E-state index in [1.54, 1.807) is 6.20 Å². The third kappa shape index (κ3) is 2.17. The second-order valence-corrected chi connectivity index (χ2v) is 4.50. The fourth-order valence-electron chi connectivity index (χ4n) is 2.26. The number of hydrogen-bond donors (Lipinski definition) is 1. The minimum absolute atomic E-state index is 0.224. The maximum Gasteiger partial charge on any atom is 0.335 e. The molecule has 1 aliphatic heterocycles. The van der Waals surface area contributed by atoms with Crippen LogP contribution in [0.5, 0.6) is 0 Å². The highest BCUT2D eigenvalue weighted by Crippen LogP contribution is 2.24. The first kappa shape index (κ1) is 11.7. The number of carbonyl (C=O) groups is 1. The Balaban J connectivity index is 2.00. The molecule has 1 aliphatic rings. The summed E-state index contributed by atoms with van der Waals surface area (Å²) in [7, 11) is 0. The number of nitrogens with one attached hydrogen (secondary N) is 1. The number of anilines is 1. The Bertz CT molecular complexity index is 671. The number of ether oxygens (including phenoxy) is 1. The SMILES string of the molecule is C/C(Nc1cccc2cccnc12)=C1/CCOC1=O. The van der Waals surface area contributed by atoms with E-state index in [0.717, 1.165) is 22.3 Å². The van der Waals surface area contributed by atoms with Gasteiger partial charge in [0.05, 0.1) is 23.4 Å². The zero-order chi connectivity index (χ0) is 13.2. The Morgan fingerprint density at radius 1 is 1.32 bits per heavy atom. The molecular formula is C15H14N2O2. The summed E-state index contributed by atoms with van der Waals surface area (Å²) in [5, 5.41) is 4.34. The highest BCUT2D eigenvalue weighted by molar-refractivity contribution is 5.94. The fourth-order valence-corrected chi connectivity index (χ4v) is 2.26. The molecule has 4 heteroatoms. The topological polar surface area (TPSA) is 51.2 Å². The first-order valence-electron chi connectivity index (χ1n) is 6.23. The second kappa shape index (κ2) is 4.72. The van der Waals surface area contributed by atoms with E-state index >= 15 is 0 Å². The van der Waals surface area contributed by atoms with Crippen LogP contribution >= 0.6 is 0 Å². The van der Waals surface area contributed by atoms with Crippen LogP contribution in [0.1, 0.15) is 13.3 Å². The average Bonchev–Trinajstić information content (AvgIpc) is 2.85. The van der Waals surface area contributed by atoms with Crippen molar-refractivity contribution in [1.82, 2.24) is 4.98 Å². The summed E-state index contributed by atoms with van der Waals surface area (Å²) in [6.45, 7) is 2.37. The van der Waals surface area contributed by atoms with Crippen molar-refractivity contribution in [2.24, 2.45) is 0 Å². The van der Waals surface area contributed by atoms with Crippen LogP contribution in [0.25, 0.3) is 10.9 Å². The van der Waals surface area contributed by atoms with Crippen LogP contribution in [0.3, 0.4) is 0 Å². The largest absolute Gasteiger partial charge is 0.462 e. The third-order valence-electron chi connectivity index (χ3n) is 3.24. The number of esters is 1. The molecule has 1 fully saturated rings. The zero-order valence-corrected chi connectivity index (χ0v) is 10.6. The number of para-hydroxylation sites is 1. The van der Waals surface area contributed by atoms with Gasteiger partial charge < -0.3 is 10.1 Å². The van der Waals surface area contributed by atoms with Crippen LogP contribution in [0, 0.1) is 0 Å². The number of hydrogen-bond acceptors (Lipinski definition) is 4. The van der Waals surface area contributed by atoms with Crippen LogP contribution in [0.4, 0.5) is 5.69 Å². The van der Waals surface area contributed by atoms with E-state index in [-0.39, 0.29) is 5.97 Å². The minimum Gasteiger partial charge on any atom is -0.462 e. The molecule has 0 unspecified atom stereocenters. The molecule has 0 bridgehead atoms. The normalized spacial score (nSPS) is 17.4. The van der Waals surface area contributed by atoms with Crippen molar-refractivity contribution in [3.8, 4) is 0 Å². The minimum atomic E-state index is -0.224. The first-order chi connectivity index (χ1) is 9.25. The number of aromatic nitrogens is 1. The Morgan fingerprint density at radius 3 is 2.95 bits per heavy atom. The van der Waals surface area contributed by atoms with Gasteiger partial charge in [0.25, 0.3) is 0 Å². The molecule has 0 aliphatic carbocycles. The Morgan fingerprint density at radius 2 is 2.16 bits per heavy atom. The van der Waals surface area contributed by atoms with Gasteiger partial charge in [0.1, 0.15) is 0 Å². The zero-order valence-electron chi connectivity index (χ0n) is 10.6. The van der Waals surface area contributed by atoms with E-state index in [2.05, 4.69) is 10.3 Å². The summed E-state index contributed by atoms with van der Waals surface area (Å²) < 4.78 is 4.96. The lowest BCUT2D eigenvalue weighted by Gasteiger charge is -2.10. The van der Waals surface area contributed by atoms with Crippen molar-refractivity contribution in [3.05, 3.63) is 47.8 Å². The number of carbonyl (C=O) groups excluding carboxylic acids is 1. The first-order valence-corrected chi connectivity index (χ1v) is 6.23. The highest BCUT2D eigenvalue weighted by Gasteiger charge is 2.21. The molecule has 2 heterocycles. The number of fused-ring (bicyclic) bond motifs is 1. The van der Waals surface area contributed by atoms with E-state index in [9.17, 15) is 4.79 Å². The van der Waals surface area contributed by atoms with Crippen molar-refractivity contribution in [1.29, 1.82) is 0 Å². The van der Waals surface area contributed by atoms with Crippen molar-refractivity contribution in [2.75, 3.05) is 11.9 Å². The van der Waals surface area contributed by atoms with Gasteiger partial charge in [-0.2, -0.15) is 0 Å². The van der Waals surface area contributed by atoms with Crippen LogP contribution in [-0.2, 0) is 9.53 Å². The van der Waals surface area contributed by atoms with Crippen molar-refractivity contribution in [3.63, 3.8) is 0 Å². The van der Waals surface area contributed by atoms with Crippen molar-refractivity contribution < 1.29 is 9.53 Å². The van der Waals surface area contributed by atoms with E-state index in [1.165, 1.54) is 0 Å². The predicted octanol–water partition coefficient (Wildman–Crippen LogP) is 2.87. The quantitative estimate of drug-likeness (QED) is 0.661. The molecular weight excluding hydrogens is 240 g/mol. The molecule has 0 amide bonds. The summed E-state index contributed by atoms with van der Waals surface area (Å²) in [4.78, 5) is 15.9. The molecule has 1 aromatic carbocycles. The van der Waals surface area contributed by atoms with Crippen LogP contribution in [0.2, 0.25) is 0 Å². The van der Waals surface area contributed by atoms with Gasteiger partial charge in [0.15, 0.2) is 0 Å². The lowest BCUT2D eigenvalue weighted by atomic mass is 10.1. The fraction of sp³-hybridized carbons (Fsp3) is 0.200. The molecule has 1 aromatic heterocycles. The van der Waals surface area contributed by atoms with Gasteiger partial charge in [-0.25, -0.2) is 4.79 Å². The molecule has 2 aromatic rings. The molecule has 0 spiro atoms. The van der Waals surface area contributed by atoms with Gasteiger partial charge in [-0.05, 0) is 19.1 Å². The van der Waals surface area contributed by atoms with Gasteiger partial charge in [-0.15, -0.1) is 0 Å². The monoisotopic (exact) mass is 254 g/mol. The summed E-state index contributed by atoms with van der Waals surface area (Å²) in [5.41, 5.74) is 3.35. The molecule has 3 rings (SSSR count). The smallest absolute Gasteiger partial charge is 0.335 e. The second-order valence-electron chi connectivity index (χ2n) is 4.50. The Labute approximate surface area is 111 Å². The van der Waals surface area contributed by atoms with E-state index in [0.29, 0.717) is 18.6 Å². The number of rotatable bonds is 2. The average molecular weight is 254 g/mol. The van der Waals surface area contributed by atoms with Crippen molar-refractivity contribution in [2.45, 2.75) is 13.3 Å². The van der Waals surface area contributed by atoms with Crippen molar-refractivity contribution >= 4 is 22.6 Å². The van der Waals surface area contributed by atoms with Gasteiger partial charge in [0, 0.05) is 23.7 Å². The predicted molar refractivity (Wildman–Crippen MR) is 73.6 cm³/mol. The van der Waals surface area contributed by atoms with Gasteiger partial charge >= 0.3 is 5.97 Å². The Kier molecular flexibility index (Phi) is 2.91. The van der Waals surface area contributed by atoms with Gasteiger partial charge in [-0.3, -0.25) is 4.98 Å². The van der Waals surface area contributed by atoms with Gasteiger partial charge in [-0.1, -0.05) is 18.2 Å². The lowest BCUT2D eigenvalue weighted by molar-refractivity contribution is -0.135. The highest BCUT2D eigenvalue weighted by atomic mass is 16.5. The summed E-state index contributed by atoms with van der Waals surface area (Å²) in [6, 6.07) is 9.86. The molecule has 19 heavy (non-hydrogen) atoms. The molecule has 4 nitrogen and oxygen atoms in total. The molecule has 0 atom stereocenters. The van der Waals surface area contributed by atoms with Crippen LogP contribution in [-0.4, -0.2) is 17.6 Å². The van der Waals surface area contributed by atoms with Gasteiger partial charge in [0.2, 0.25) is 0 Å². The van der Waals surface area contributed by atoms with E-state index in [4.69, 9.17) is 4.74 Å². The third-order valence-corrected chi connectivity index (χ3v) is 3.24. The summed E-state index contributed by atoms with van der Waals surface area (Å²) in [5.74, 6) is -0.224. The summed E-state index contributed by atoms with van der Waals surface area (Å²) >= 11 is 0. The maximum absolute atomic E-state index is 11.5. The standard InChI is InChI=1S/C15H14N2O2/c1-10(12-7-9-19-15(12)18)17-13-6-2-4-11-5-3-8-16-14(11)13/h2-6,8,17H,7,9H2,1H3/b12-10+.